The quantitative estimate of drug-likeness (QED) is 0.812. The van der Waals surface area contributed by atoms with E-state index >= 15 is 0 Å². The average Bonchev–Trinajstić information content (AvgIpc) is 2.29. The van der Waals surface area contributed by atoms with Gasteiger partial charge in [-0.05, 0) is 19.9 Å². The summed E-state index contributed by atoms with van der Waals surface area (Å²) < 4.78 is 36.2. The molecule has 1 unspecified atom stereocenters. The number of hydrogen-bond acceptors (Lipinski definition) is 5. The molecule has 0 aliphatic heterocycles. The van der Waals surface area contributed by atoms with E-state index in [9.17, 15) is 17.6 Å². The minimum Gasteiger partial charge on any atom is -0.368 e. The Balaban J connectivity index is 2.85. The van der Waals surface area contributed by atoms with Gasteiger partial charge in [0.2, 0.25) is 0 Å². The molecule has 1 amide bonds. The summed E-state index contributed by atoms with van der Waals surface area (Å²) in [4.78, 5) is 15.7. The molecule has 1 aromatic rings. The van der Waals surface area contributed by atoms with Gasteiger partial charge in [0.05, 0.1) is 11.3 Å². The summed E-state index contributed by atoms with van der Waals surface area (Å²) in [6.45, 7) is 3.80. The van der Waals surface area contributed by atoms with E-state index in [1.807, 2.05) is 0 Å². The van der Waals surface area contributed by atoms with Crippen molar-refractivity contribution in [1.29, 1.82) is 0 Å². The molecule has 1 heterocycles. The van der Waals surface area contributed by atoms with E-state index in [-0.39, 0.29) is 17.1 Å². The van der Waals surface area contributed by atoms with Gasteiger partial charge < -0.3 is 10.6 Å². The predicted molar refractivity (Wildman–Crippen MR) is 75.0 cm³/mol. The third-order valence-electron chi connectivity index (χ3n) is 2.41. The third-order valence-corrected chi connectivity index (χ3v) is 3.51. The highest BCUT2D eigenvalue weighted by Gasteiger charge is 2.19. The van der Waals surface area contributed by atoms with Gasteiger partial charge in [-0.2, -0.15) is 0 Å². The fourth-order valence-electron chi connectivity index (χ4n) is 1.71. The Hall–Kier alpha value is -1.70. The van der Waals surface area contributed by atoms with E-state index in [0.29, 0.717) is 6.54 Å². The van der Waals surface area contributed by atoms with Crippen molar-refractivity contribution in [3.63, 3.8) is 0 Å². The Labute approximate surface area is 117 Å². The zero-order valence-corrected chi connectivity index (χ0v) is 12.4. The van der Waals surface area contributed by atoms with Crippen molar-refractivity contribution in [2.75, 3.05) is 23.9 Å². The van der Waals surface area contributed by atoms with Crippen LogP contribution in [0.2, 0.25) is 0 Å². The second-order valence-corrected chi connectivity index (χ2v) is 6.70. The number of amides is 1. The molecule has 0 saturated heterocycles. The molecule has 0 saturated carbocycles. The molecule has 0 aromatic carbocycles. The normalized spacial score (nSPS) is 12.8. The molecule has 0 aliphatic rings. The molecule has 0 fully saturated rings. The number of carbonyl (C=O) groups excluding carboxylic acids is 1. The summed E-state index contributed by atoms with van der Waals surface area (Å²) in [6, 6.07) is 0.645. The number of halogens is 1. The number of pyridine rings is 1. The fourth-order valence-corrected chi connectivity index (χ4v) is 2.70. The highest BCUT2D eigenvalue weighted by Crippen LogP contribution is 2.14. The van der Waals surface area contributed by atoms with Gasteiger partial charge in [-0.1, -0.05) is 0 Å². The topological polar surface area (TPSA) is 88.2 Å². The zero-order valence-electron chi connectivity index (χ0n) is 11.6. The van der Waals surface area contributed by atoms with E-state index in [1.165, 1.54) is 12.3 Å². The first-order chi connectivity index (χ1) is 9.24. The SMILES string of the molecule is CCNc1nccc(C(=O)NC(C)CS(C)(=O)=O)c1F. The van der Waals surface area contributed by atoms with Gasteiger partial charge in [-0.15, -0.1) is 0 Å². The molecule has 2 N–H and O–H groups in total. The molecule has 20 heavy (non-hydrogen) atoms. The molecule has 1 aromatic heterocycles. The van der Waals surface area contributed by atoms with E-state index in [1.54, 1.807) is 13.8 Å². The summed E-state index contributed by atoms with van der Waals surface area (Å²) in [6.07, 6.45) is 2.39. The van der Waals surface area contributed by atoms with Crippen molar-refractivity contribution in [3.05, 3.63) is 23.6 Å². The van der Waals surface area contributed by atoms with Crippen molar-refractivity contribution in [3.8, 4) is 0 Å². The molecule has 0 bridgehead atoms. The highest BCUT2D eigenvalue weighted by atomic mass is 32.2. The molecule has 112 valence electrons. The second kappa shape index (κ2) is 6.65. The van der Waals surface area contributed by atoms with Crippen molar-refractivity contribution in [1.82, 2.24) is 10.3 Å². The van der Waals surface area contributed by atoms with Crippen molar-refractivity contribution in [2.45, 2.75) is 19.9 Å². The molecule has 1 rings (SSSR count). The standard InChI is InChI=1S/C12H18FN3O3S/c1-4-14-11-10(13)9(5-6-15-11)12(17)16-8(2)7-20(3,18)19/h5-6,8H,4,7H2,1-3H3,(H,14,15)(H,16,17). The molecular weight excluding hydrogens is 285 g/mol. The van der Waals surface area contributed by atoms with E-state index in [0.717, 1.165) is 6.26 Å². The first kappa shape index (κ1) is 16.4. The lowest BCUT2D eigenvalue weighted by Gasteiger charge is -2.14. The van der Waals surface area contributed by atoms with Crippen LogP contribution in [0, 0.1) is 5.82 Å². The van der Waals surface area contributed by atoms with Gasteiger partial charge >= 0.3 is 0 Å². The van der Waals surface area contributed by atoms with Crippen LogP contribution in [0.15, 0.2) is 12.3 Å². The van der Waals surface area contributed by atoms with Crippen LogP contribution < -0.4 is 10.6 Å². The number of nitrogens with one attached hydrogen (secondary N) is 2. The largest absolute Gasteiger partial charge is 0.368 e. The molecule has 1 atom stereocenters. The van der Waals surface area contributed by atoms with Gasteiger partial charge in [0, 0.05) is 25.0 Å². The van der Waals surface area contributed by atoms with Crippen LogP contribution in [-0.4, -0.2) is 43.9 Å². The average molecular weight is 303 g/mol. The summed E-state index contributed by atoms with van der Waals surface area (Å²) in [5.74, 6) is -1.62. The smallest absolute Gasteiger partial charge is 0.254 e. The molecule has 0 aliphatic carbocycles. The number of anilines is 1. The Kier molecular flexibility index (Phi) is 5.43. The maximum atomic E-state index is 14.0. The van der Waals surface area contributed by atoms with Crippen LogP contribution in [0.4, 0.5) is 10.2 Å². The Morgan fingerprint density at radius 2 is 2.15 bits per heavy atom. The monoisotopic (exact) mass is 303 g/mol. The zero-order chi connectivity index (χ0) is 15.3. The lowest BCUT2D eigenvalue weighted by molar-refractivity contribution is 0.0939. The Morgan fingerprint density at radius 1 is 1.50 bits per heavy atom. The number of hydrogen-bond donors (Lipinski definition) is 2. The van der Waals surface area contributed by atoms with Crippen molar-refractivity contribution < 1.29 is 17.6 Å². The molecular formula is C12H18FN3O3S. The van der Waals surface area contributed by atoms with Crippen LogP contribution in [0.25, 0.3) is 0 Å². The summed E-state index contributed by atoms with van der Waals surface area (Å²) in [7, 11) is -3.21. The molecule has 0 spiro atoms. The van der Waals surface area contributed by atoms with Crippen LogP contribution in [0.3, 0.4) is 0 Å². The summed E-state index contributed by atoms with van der Waals surface area (Å²) in [5, 5.41) is 5.15. The number of aromatic nitrogens is 1. The first-order valence-electron chi connectivity index (χ1n) is 6.11. The molecule has 0 radical (unpaired) electrons. The first-order valence-corrected chi connectivity index (χ1v) is 8.17. The number of carbonyl (C=O) groups is 1. The van der Waals surface area contributed by atoms with Gasteiger partial charge in [0.25, 0.3) is 5.91 Å². The van der Waals surface area contributed by atoms with Gasteiger partial charge in [-0.25, -0.2) is 17.8 Å². The lowest BCUT2D eigenvalue weighted by Crippen LogP contribution is -2.37. The Bertz CT molecular complexity index is 590. The number of rotatable bonds is 6. The minimum absolute atomic E-state index is 0.00378. The molecule has 8 heteroatoms. The fraction of sp³-hybridized carbons (Fsp3) is 0.500. The van der Waals surface area contributed by atoms with Crippen LogP contribution >= 0.6 is 0 Å². The van der Waals surface area contributed by atoms with E-state index < -0.39 is 27.6 Å². The predicted octanol–water partition coefficient (Wildman–Crippen LogP) is 0.815. The number of nitrogens with zero attached hydrogens (tertiary/aromatic N) is 1. The summed E-state index contributed by atoms with van der Waals surface area (Å²) in [5.41, 5.74) is -0.170. The second-order valence-electron chi connectivity index (χ2n) is 4.52. The highest BCUT2D eigenvalue weighted by molar-refractivity contribution is 7.90. The third kappa shape index (κ3) is 4.76. The van der Waals surface area contributed by atoms with Gasteiger partial charge in [0.1, 0.15) is 9.84 Å². The number of sulfone groups is 1. The Morgan fingerprint density at radius 3 is 2.70 bits per heavy atom. The van der Waals surface area contributed by atoms with Crippen LogP contribution in [0.5, 0.6) is 0 Å². The van der Waals surface area contributed by atoms with Gasteiger partial charge in [-0.3, -0.25) is 4.79 Å². The summed E-state index contributed by atoms with van der Waals surface area (Å²) >= 11 is 0. The van der Waals surface area contributed by atoms with Crippen LogP contribution in [0.1, 0.15) is 24.2 Å². The van der Waals surface area contributed by atoms with Crippen molar-refractivity contribution in [2.24, 2.45) is 0 Å². The van der Waals surface area contributed by atoms with Gasteiger partial charge in [0.15, 0.2) is 11.6 Å². The molecule has 6 nitrogen and oxygen atoms in total. The van der Waals surface area contributed by atoms with E-state index in [4.69, 9.17) is 0 Å². The van der Waals surface area contributed by atoms with Crippen LogP contribution in [-0.2, 0) is 9.84 Å². The van der Waals surface area contributed by atoms with Crippen molar-refractivity contribution >= 4 is 21.6 Å². The lowest BCUT2D eigenvalue weighted by atomic mass is 10.2. The van der Waals surface area contributed by atoms with E-state index in [2.05, 4.69) is 15.6 Å². The maximum Gasteiger partial charge on any atom is 0.254 e. The minimum atomic E-state index is -3.21. The maximum absolute atomic E-state index is 14.0.